The van der Waals surface area contributed by atoms with Crippen molar-refractivity contribution in [2.24, 2.45) is 5.73 Å². The lowest BCUT2D eigenvalue weighted by Gasteiger charge is -2.25. The van der Waals surface area contributed by atoms with Crippen LogP contribution in [0.25, 0.3) is 11.0 Å². The summed E-state index contributed by atoms with van der Waals surface area (Å²) in [5, 5.41) is 0. The predicted octanol–water partition coefficient (Wildman–Crippen LogP) is 2.01. The number of fused-ring (bicyclic) bond motifs is 1. The summed E-state index contributed by atoms with van der Waals surface area (Å²) in [7, 11) is 3.10. The number of alkyl halides is 1. The third kappa shape index (κ3) is 2.40. The molecule has 1 heterocycles. The summed E-state index contributed by atoms with van der Waals surface area (Å²) < 4.78 is 12.3. The van der Waals surface area contributed by atoms with Crippen molar-refractivity contribution in [3.8, 4) is 11.5 Å². The summed E-state index contributed by atoms with van der Waals surface area (Å²) >= 11 is 5.96. The van der Waals surface area contributed by atoms with Crippen molar-refractivity contribution in [2.45, 2.75) is 25.3 Å². The molecule has 1 aromatic carbocycles. The summed E-state index contributed by atoms with van der Waals surface area (Å²) in [5.41, 5.74) is 5.94. The highest BCUT2D eigenvalue weighted by Gasteiger charge is 2.32. The van der Waals surface area contributed by atoms with Gasteiger partial charge in [-0.05, 0) is 13.8 Å². The summed E-state index contributed by atoms with van der Waals surface area (Å²) in [6.07, 6.45) is 0. The number of carbonyl (C=O) groups excluding carboxylic acids is 1. The van der Waals surface area contributed by atoms with Crippen LogP contribution in [0, 0.1) is 0 Å². The zero-order valence-electron chi connectivity index (χ0n) is 12.4. The number of hydrogen-bond acceptors (Lipinski definition) is 4. The Kier molecular flexibility index (Phi) is 4.00. The minimum Gasteiger partial charge on any atom is -0.493 e. The van der Waals surface area contributed by atoms with E-state index in [0.29, 0.717) is 28.4 Å². The monoisotopic (exact) mass is 311 g/mol. The largest absolute Gasteiger partial charge is 0.493 e. The van der Waals surface area contributed by atoms with Gasteiger partial charge < -0.3 is 19.8 Å². The van der Waals surface area contributed by atoms with Crippen molar-refractivity contribution < 1.29 is 14.3 Å². The number of benzene rings is 1. The van der Waals surface area contributed by atoms with Crippen molar-refractivity contribution in [2.75, 3.05) is 14.2 Å². The Bertz CT molecular complexity index is 694. The van der Waals surface area contributed by atoms with Gasteiger partial charge in [0.05, 0.1) is 31.1 Å². The minimum absolute atomic E-state index is 0.163. The van der Waals surface area contributed by atoms with E-state index in [2.05, 4.69) is 4.98 Å². The van der Waals surface area contributed by atoms with Gasteiger partial charge in [0.15, 0.2) is 11.5 Å². The van der Waals surface area contributed by atoms with Gasteiger partial charge in [-0.2, -0.15) is 0 Å². The first-order valence-electron chi connectivity index (χ1n) is 6.36. The molecular weight excluding hydrogens is 294 g/mol. The van der Waals surface area contributed by atoms with E-state index in [-0.39, 0.29) is 5.88 Å². The van der Waals surface area contributed by atoms with E-state index in [1.54, 1.807) is 44.8 Å². The smallest absolute Gasteiger partial charge is 0.243 e. The maximum atomic E-state index is 11.8. The van der Waals surface area contributed by atoms with E-state index in [1.165, 1.54) is 0 Å². The molecule has 7 heteroatoms. The van der Waals surface area contributed by atoms with Gasteiger partial charge in [-0.15, -0.1) is 11.6 Å². The van der Waals surface area contributed by atoms with E-state index in [0.717, 1.165) is 0 Å². The molecule has 0 aliphatic carbocycles. The fourth-order valence-electron chi connectivity index (χ4n) is 2.28. The van der Waals surface area contributed by atoms with Gasteiger partial charge in [0.1, 0.15) is 11.4 Å². The summed E-state index contributed by atoms with van der Waals surface area (Å²) in [6.45, 7) is 3.45. The number of carbonyl (C=O) groups is 1. The highest BCUT2D eigenvalue weighted by atomic mass is 35.5. The number of aromatic nitrogens is 2. The van der Waals surface area contributed by atoms with E-state index in [4.69, 9.17) is 26.8 Å². The molecule has 0 saturated carbocycles. The van der Waals surface area contributed by atoms with Crippen LogP contribution in [0.1, 0.15) is 19.7 Å². The van der Waals surface area contributed by atoms with Crippen LogP contribution < -0.4 is 15.2 Å². The quantitative estimate of drug-likeness (QED) is 0.857. The van der Waals surface area contributed by atoms with Crippen molar-refractivity contribution >= 4 is 28.5 Å². The molecule has 0 fully saturated rings. The molecule has 0 unspecified atom stereocenters. The third-order valence-corrected chi connectivity index (χ3v) is 3.75. The number of amides is 1. The molecule has 0 saturated heterocycles. The number of primary amides is 1. The first-order chi connectivity index (χ1) is 9.86. The predicted molar refractivity (Wildman–Crippen MR) is 80.9 cm³/mol. The highest BCUT2D eigenvalue weighted by Crippen LogP contribution is 2.35. The number of rotatable bonds is 5. The fourth-order valence-corrected chi connectivity index (χ4v) is 2.46. The number of methoxy groups -OCH3 is 2. The first-order valence-corrected chi connectivity index (χ1v) is 6.90. The van der Waals surface area contributed by atoms with Gasteiger partial charge in [0.2, 0.25) is 5.91 Å². The van der Waals surface area contributed by atoms with Crippen molar-refractivity contribution in [3.05, 3.63) is 18.0 Å². The Hall–Kier alpha value is -1.95. The molecule has 1 amide bonds. The van der Waals surface area contributed by atoms with Crippen LogP contribution in [0.2, 0.25) is 0 Å². The van der Waals surface area contributed by atoms with Gasteiger partial charge in [0.25, 0.3) is 0 Å². The van der Waals surface area contributed by atoms with Crippen LogP contribution in [0.4, 0.5) is 0 Å². The Morgan fingerprint density at radius 2 is 1.90 bits per heavy atom. The molecule has 114 valence electrons. The molecule has 0 radical (unpaired) electrons. The molecule has 0 atom stereocenters. The Labute approximate surface area is 127 Å². The minimum atomic E-state index is -0.960. The fraction of sp³-hybridized carbons (Fsp3) is 0.429. The van der Waals surface area contributed by atoms with Crippen molar-refractivity contribution in [3.63, 3.8) is 0 Å². The zero-order valence-corrected chi connectivity index (χ0v) is 13.2. The van der Waals surface area contributed by atoms with Crippen LogP contribution in [-0.2, 0) is 16.2 Å². The second-order valence-electron chi connectivity index (χ2n) is 5.12. The van der Waals surface area contributed by atoms with Gasteiger partial charge in [0, 0.05) is 12.1 Å². The Morgan fingerprint density at radius 3 is 2.38 bits per heavy atom. The topological polar surface area (TPSA) is 79.4 Å². The standard InChI is InChI=1S/C14H18ClN3O3/c1-14(2,13(16)19)18-9-6-11(21-4)10(20-3)5-8(9)17-12(18)7-15/h5-6H,7H2,1-4H3,(H2,16,19). The maximum Gasteiger partial charge on any atom is 0.243 e. The average Bonchev–Trinajstić information content (AvgIpc) is 2.83. The van der Waals surface area contributed by atoms with Gasteiger partial charge in [-0.3, -0.25) is 4.79 Å². The number of nitrogens with zero attached hydrogens (tertiary/aromatic N) is 2. The van der Waals surface area contributed by atoms with Crippen molar-refractivity contribution in [1.29, 1.82) is 0 Å². The molecular formula is C14H18ClN3O3. The number of imidazole rings is 1. The molecule has 0 spiro atoms. The van der Waals surface area contributed by atoms with Crippen LogP contribution in [0.15, 0.2) is 12.1 Å². The van der Waals surface area contributed by atoms with Crippen LogP contribution in [-0.4, -0.2) is 29.7 Å². The highest BCUT2D eigenvalue weighted by molar-refractivity contribution is 6.17. The van der Waals surface area contributed by atoms with Crippen LogP contribution >= 0.6 is 11.6 Å². The molecule has 0 bridgehead atoms. The summed E-state index contributed by atoms with van der Waals surface area (Å²) in [4.78, 5) is 16.2. The SMILES string of the molecule is COc1cc2nc(CCl)n(C(C)(C)C(N)=O)c2cc1OC. The molecule has 0 aliphatic heterocycles. The molecule has 2 rings (SSSR count). The van der Waals surface area contributed by atoms with Gasteiger partial charge in [-0.25, -0.2) is 4.98 Å². The maximum absolute atomic E-state index is 11.8. The number of ether oxygens (including phenoxy) is 2. The van der Waals surface area contributed by atoms with Crippen molar-refractivity contribution in [1.82, 2.24) is 9.55 Å². The molecule has 2 aromatic rings. The summed E-state index contributed by atoms with van der Waals surface area (Å²) in [6, 6.07) is 3.51. The second kappa shape index (κ2) is 5.44. The zero-order chi connectivity index (χ0) is 15.8. The van der Waals surface area contributed by atoms with Gasteiger partial charge >= 0.3 is 0 Å². The Morgan fingerprint density at radius 1 is 1.33 bits per heavy atom. The van der Waals surface area contributed by atoms with E-state index >= 15 is 0 Å². The van der Waals surface area contributed by atoms with Crippen LogP contribution in [0.5, 0.6) is 11.5 Å². The normalized spacial score (nSPS) is 11.7. The molecule has 1 aromatic heterocycles. The lowest BCUT2D eigenvalue weighted by molar-refractivity contribution is -0.125. The van der Waals surface area contributed by atoms with Crippen LogP contribution in [0.3, 0.4) is 0 Å². The van der Waals surface area contributed by atoms with E-state index in [9.17, 15) is 4.79 Å². The van der Waals surface area contributed by atoms with E-state index in [1.807, 2.05) is 0 Å². The number of hydrogen-bond donors (Lipinski definition) is 1. The lowest BCUT2D eigenvalue weighted by atomic mass is 10.0. The first kappa shape index (κ1) is 15.4. The molecule has 21 heavy (non-hydrogen) atoms. The average molecular weight is 312 g/mol. The Balaban J connectivity index is 2.83. The van der Waals surface area contributed by atoms with Gasteiger partial charge in [-0.1, -0.05) is 0 Å². The van der Waals surface area contributed by atoms with E-state index < -0.39 is 11.4 Å². The lowest BCUT2D eigenvalue weighted by Crippen LogP contribution is -2.41. The second-order valence-corrected chi connectivity index (χ2v) is 5.38. The summed E-state index contributed by atoms with van der Waals surface area (Å²) in [5.74, 6) is 1.37. The molecule has 2 N–H and O–H groups in total. The number of halogens is 1. The number of nitrogens with two attached hydrogens (primary N) is 1. The third-order valence-electron chi connectivity index (χ3n) is 3.51. The molecule has 6 nitrogen and oxygen atoms in total. The molecule has 0 aliphatic rings.